The molecule has 1 rings (SSSR count). The molecule has 0 atom stereocenters. The number of carboxylic acid groups (broad SMARTS) is 1. The standard InChI is InChI=1S/C14H16N2O5/c1-9(17)7-16(8-10(2)18)15-13(19)11-4-3-5-12(6-11)14(20)21/h3-6H,7-8H2,1-2H3,(H,15,19)(H,20,21). The van der Waals surface area contributed by atoms with E-state index in [-0.39, 0.29) is 35.8 Å². The van der Waals surface area contributed by atoms with Gasteiger partial charge in [0.05, 0.1) is 18.7 Å². The van der Waals surface area contributed by atoms with Crippen LogP contribution in [0.2, 0.25) is 0 Å². The Kier molecular flexibility index (Phi) is 5.74. The molecule has 0 saturated carbocycles. The number of aromatic carboxylic acids is 1. The van der Waals surface area contributed by atoms with Crippen molar-refractivity contribution in [2.45, 2.75) is 13.8 Å². The molecule has 1 aromatic rings. The number of carboxylic acids is 1. The maximum atomic E-state index is 12.0. The summed E-state index contributed by atoms with van der Waals surface area (Å²) in [5, 5.41) is 10.1. The second-order valence-electron chi connectivity index (χ2n) is 4.59. The fraction of sp³-hybridized carbons (Fsp3) is 0.286. The Morgan fingerprint density at radius 1 is 1.05 bits per heavy atom. The second-order valence-corrected chi connectivity index (χ2v) is 4.59. The Balaban J connectivity index is 2.85. The van der Waals surface area contributed by atoms with E-state index in [2.05, 4.69) is 5.43 Å². The van der Waals surface area contributed by atoms with Crippen molar-refractivity contribution in [3.05, 3.63) is 35.4 Å². The minimum atomic E-state index is -1.14. The lowest BCUT2D eigenvalue weighted by Crippen LogP contribution is -2.46. The van der Waals surface area contributed by atoms with Crippen LogP contribution in [0.4, 0.5) is 0 Å². The molecule has 7 heteroatoms. The number of amides is 1. The lowest BCUT2D eigenvalue weighted by Gasteiger charge is -2.20. The molecular formula is C14H16N2O5. The first-order valence-electron chi connectivity index (χ1n) is 6.17. The molecule has 0 aromatic heterocycles. The highest BCUT2D eigenvalue weighted by Crippen LogP contribution is 2.05. The van der Waals surface area contributed by atoms with Gasteiger partial charge in [-0.2, -0.15) is 0 Å². The highest BCUT2D eigenvalue weighted by molar-refractivity contribution is 5.97. The summed E-state index contributed by atoms with van der Waals surface area (Å²) in [6, 6.07) is 5.47. The Hall–Kier alpha value is -2.54. The number of Topliss-reactive ketones (excluding diaryl/α,β-unsaturated/α-hetero) is 2. The van der Waals surface area contributed by atoms with Gasteiger partial charge in [0.15, 0.2) is 0 Å². The average molecular weight is 292 g/mol. The number of nitrogens with one attached hydrogen (secondary N) is 1. The SMILES string of the molecule is CC(=O)CN(CC(C)=O)NC(=O)c1cccc(C(=O)O)c1. The number of hydrazine groups is 1. The van der Waals surface area contributed by atoms with Crippen molar-refractivity contribution in [2.24, 2.45) is 0 Å². The fourth-order valence-electron chi connectivity index (χ4n) is 1.67. The van der Waals surface area contributed by atoms with Crippen molar-refractivity contribution in [1.29, 1.82) is 0 Å². The van der Waals surface area contributed by atoms with Gasteiger partial charge in [0.1, 0.15) is 11.6 Å². The van der Waals surface area contributed by atoms with Crippen LogP contribution in [-0.4, -0.2) is 46.6 Å². The zero-order chi connectivity index (χ0) is 16.0. The van der Waals surface area contributed by atoms with Gasteiger partial charge in [-0.05, 0) is 32.0 Å². The summed E-state index contributed by atoms with van der Waals surface area (Å²) in [6.45, 7) is 2.46. The van der Waals surface area contributed by atoms with Crippen LogP contribution in [0, 0.1) is 0 Å². The van der Waals surface area contributed by atoms with Crippen molar-refractivity contribution in [3.63, 3.8) is 0 Å². The van der Waals surface area contributed by atoms with E-state index in [0.717, 1.165) is 0 Å². The van der Waals surface area contributed by atoms with Crippen molar-refractivity contribution in [1.82, 2.24) is 10.4 Å². The Labute approximate surface area is 121 Å². The first kappa shape index (κ1) is 16.5. The van der Waals surface area contributed by atoms with Crippen LogP contribution in [0.15, 0.2) is 24.3 Å². The number of benzene rings is 1. The summed E-state index contributed by atoms with van der Waals surface area (Å²) < 4.78 is 0. The average Bonchev–Trinajstić information content (AvgIpc) is 2.37. The summed E-state index contributed by atoms with van der Waals surface area (Å²) >= 11 is 0. The Bertz CT molecular complexity index is 566. The molecule has 0 spiro atoms. The molecular weight excluding hydrogens is 276 g/mol. The third kappa shape index (κ3) is 5.53. The van der Waals surface area contributed by atoms with Gasteiger partial charge in [-0.15, -0.1) is 0 Å². The predicted octanol–water partition coefficient (Wildman–Crippen LogP) is 0.510. The minimum absolute atomic E-state index is 0.0210. The van der Waals surface area contributed by atoms with Gasteiger partial charge < -0.3 is 5.11 Å². The lowest BCUT2D eigenvalue weighted by atomic mass is 10.1. The third-order valence-corrected chi connectivity index (χ3v) is 2.46. The van der Waals surface area contributed by atoms with Gasteiger partial charge in [-0.1, -0.05) is 6.07 Å². The van der Waals surface area contributed by atoms with Crippen LogP contribution in [0.5, 0.6) is 0 Å². The largest absolute Gasteiger partial charge is 0.478 e. The molecule has 1 aromatic carbocycles. The number of carbonyl (C=O) groups excluding carboxylic acids is 3. The number of rotatable bonds is 7. The van der Waals surface area contributed by atoms with Crippen LogP contribution < -0.4 is 5.43 Å². The van der Waals surface area contributed by atoms with E-state index in [1.165, 1.54) is 43.1 Å². The molecule has 21 heavy (non-hydrogen) atoms. The normalized spacial score (nSPS) is 10.2. The van der Waals surface area contributed by atoms with E-state index in [4.69, 9.17) is 5.11 Å². The number of hydrogen-bond donors (Lipinski definition) is 2. The number of carbonyl (C=O) groups is 4. The monoisotopic (exact) mass is 292 g/mol. The number of ketones is 2. The Morgan fingerprint density at radius 2 is 1.57 bits per heavy atom. The summed E-state index contributed by atoms with van der Waals surface area (Å²) in [7, 11) is 0. The molecule has 0 radical (unpaired) electrons. The lowest BCUT2D eigenvalue weighted by molar-refractivity contribution is -0.121. The molecule has 112 valence electrons. The van der Waals surface area contributed by atoms with Crippen molar-refractivity contribution in [2.75, 3.05) is 13.1 Å². The van der Waals surface area contributed by atoms with Crippen molar-refractivity contribution < 1.29 is 24.3 Å². The minimum Gasteiger partial charge on any atom is -0.478 e. The number of nitrogens with zero attached hydrogens (tertiary/aromatic N) is 1. The number of hydrogen-bond acceptors (Lipinski definition) is 5. The maximum absolute atomic E-state index is 12.0. The zero-order valence-electron chi connectivity index (χ0n) is 11.8. The van der Waals surface area contributed by atoms with E-state index in [1.807, 2.05) is 0 Å². The van der Waals surface area contributed by atoms with Crippen molar-refractivity contribution in [3.8, 4) is 0 Å². The van der Waals surface area contributed by atoms with Gasteiger partial charge in [0.25, 0.3) is 5.91 Å². The van der Waals surface area contributed by atoms with Crippen LogP contribution in [0.1, 0.15) is 34.6 Å². The highest BCUT2D eigenvalue weighted by atomic mass is 16.4. The van der Waals surface area contributed by atoms with Crippen LogP contribution in [0.25, 0.3) is 0 Å². The van der Waals surface area contributed by atoms with E-state index in [9.17, 15) is 19.2 Å². The molecule has 0 aliphatic heterocycles. The Morgan fingerprint density at radius 3 is 2.05 bits per heavy atom. The molecule has 0 aliphatic rings. The molecule has 0 bridgehead atoms. The van der Waals surface area contributed by atoms with E-state index in [1.54, 1.807) is 0 Å². The summed E-state index contributed by atoms with van der Waals surface area (Å²) in [5.41, 5.74) is 2.53. The molecule has 0 heterocycles. The van der Waals surface area contributed by atoms with Crippen LogP contribution in [-0.2, 0) is 9.59 Å². The third-order valence-electron chi connectivity index (χ3n) is 2.46. The smallest absolute Gasteiger partial charge is 0.335 e. The molecule has 7 nitrogen and oxygen atoms in total. The second kappa shape index (κ2) is 7.30. The van der Waals surface area contributed by atoms with Crippen molar-refractivity contribution >= 4 is 23.4 Å². The van der Waals surface area contributed by atoms with Gasteiger partial charge in [0.2, 0.25) is 0 Å². The maximum Gasteiger partial charge on any atom is 0.335 e. The molecule has 0 saturated heterocycles. The fourth-order valence-corrected chi connectivity index (χ4v) is 1.67. The van der Waals surface area contributed by atoms with Gasteiger partial charge in [-0.3, -0.25) is 19.8 Å². The molecule has 0 unspecified atom stereocenters. The summed E-state index contributed by atoms with van der Waals surface area (Å²) in [6.07, 6.45) is 0. The predicted molar refractivity (Wildman–Crippen MR) is 73.8 cm³/mol. The zero-order valence-corrected chi connectivity index (χ0v) is 11.8. The summed E-state index contributed by atoms with van der Waals surface area (Å²) in [5.74, 6) is -2.15. The topological polar surface area (TPSA) is 104 Å². The molecule has 2 N–H and O–H groups in total. The van der Waals surface area contributed by atoms with Crippen LogP contribution >= 0.6 is 0 Å². The van der Waals surface area contributed by atoms with Gasteiger partial charge >= 0.3 is 5.97 Å². The molecule has 0 aliphatic carbocycles. The molecule has 0 fully saturated rings. The van der Waals surface area contributed by atoms with Gasteiger partial charge in [-0.25, -0.2) is 9.80 Å². The molecule has 1 amide bonds. The van der Waals surface area contributed by atoms with E-state index in [0.29, 0.717) is 0 Å². The van der Waals surface area contributed by atoms with Gasteiger partial charge in [0, 0.05) is 5.56 Å². The quantitative estimate of drug-likeness (QED) is 0.710. The van der Waals surface area contributed by atoms with E-state index < -0.39 is 11.9 Å². The first-order chi connectivity index (χ1) is 9.79. The highest BCUT2D eigenvalue weighted by Gasteiger charge is 2.15. The van der Waals surface area contributed by atoms with E-state index >= 15 is 0 Å². The summed E-state index contributed by atoms with van der Waals surface area (Å²) in [4.78, 5) is 45.1. The first-order valence-corrected chi connectivity index (χ1v) is 6.17. The van der Waals surface area contributed by atoms with Crippen LogP contribution in [0.3, 0.4) is 0 Å².